The first-order chi connectivity index (χ1) is 17.6. The zero-order valence-electron chi connectivity index (χ0n) is 20.8. The summed E-state index contributed by atoms with van der Waals surface area (Å²) in [6.45, 7) is 0.340. The topological polar surface area (TPSA) is 76.1 Å². The number of aromatic nitrogens is 1. The number of pyridine rings is 1. The molecule has 0 saturated heterocycles. The van der Waals surface area contributed by atoms with Crippen molar-refractivity contribution in [3.63, 3.8) is 0 Å². The highest BCUT2D eigenvalue weighted by Gasteiger charge is 2.11. The molecule has 1 heterocycles. The second kappa shape index (κ2) is 14.8. The average molecular weight is 510 g/mol. The summed E-state index contributed by atoms with van der Waals surface area (Å²) in [5.74, 6) is 2.38. The first kappa shape index (κ1) is 27.1. The Balaban J connectivity index is 1.39. The molecular formula is C28H31NO6S. The highest BCUT2D eigenvalue weighted by atomic mass is 32.2. The van der Waals surface area contributed by atoms with E-state index in [1.807, 2.05) is 60.7 Å². The number of carbonyl (C=O) groups is 1. The third-order valence-corrected chi connectivity index (χ3v) is 6.34. The third kappa shape index (κ3) is 8.62. The lowest BCUT2D eigenvalue weighted by Gasteiger charge is -2.12. The standard InChI is InChI=1S/C28H31NO6S/c1-31-24-16-13-21(14-17-24)8-4-5-19-34-35-27(30)18-15-22-9-6-10-23(29-22)20-36-28-25(32-2)11-7-12-26(28)33-3/h6-7,9-18H,4-5,8,19-20H2,1-3H3. The van der Waals surface area contributed by atoms with E-state index in [1.165, 1.54) is 11.6 Å². The summed E-state index contributed by atoms with van der Waals surface area (Å²) in [7, 11) is 4.92. The molecule has 0 amide bonds. The van der Waals surface area contributed by atoms with E-state index in [2.05, 4.69) is 4.98 Å². The molecular weight excluding hydrogens is 478 g/mol. The molecule has 0 unspecified atom stereocenters. The van der Waals surface area contributed by atoms with Gasteiger partial charge < -0.3 is 14.2 Å². The van der Waals surface area contributed by atoms with E-state index in [-0.39, 0.29) is 0 Å². The number of carbonyl (C=O) groups excluding carboxylic acids is 1. The Labute approximate surface area is 216 Å². The van der Waals surface area contributed by atoms with Crippen LogP contribution >= 0.6 is 11.8 Å². The molecule has 0 bridgehead atoms. The van der Waals surface area contributed by atoms with Crippen molar-refractivity contribution in [2.45, 2.75) is 29.9 Å². The molecule has 8 heteroatoms. The maximum absolute atomic E-state index is 12.0. The summed E-state index contributed by atoms with van der Waals surface area (Å²) < 4.78 is 16.1. The Morgan fingerprint density at radius 2 is 1.61 bits per heavy atom. The molecule has 0 spiro atoms. The van der Waals surface area contributed by atoms with E-state index in [0.717, 1.165) is 47.1 Å². The minimum Gasteiger partial charge on any atom is -0.497 e. The summed E-state index contributed by atoms with van der Waals surface area (Å²) in [6, 6.07) is 19.3. The van der Waals surface area contributed by atoms with E-state index in [9.17, 15) is 4.79 Å². The maximum atomic E-state index is 12.0. The van der Waals surface area contributed by atoms with E-state index in [1.54, 1.807) is 39.2 Å². The molecule has 0 aliphatic rings. The molecule has 0 atom stereocenters. The van der Waals surface area contributed by atoms with Crippen LogP contribution in [-0.4, -0.2) is 38.9 Å². The van der Waals surface area contributed by atoms with Crippen LogP contribution < -0.4 is 14.2 Å². The molecule has 0 fully saturated rings. The maximum Gasteiger partial charge on any atom is 0.366 e. The monoisotopic (exact) mass is 509 g/mol. The van der Waals surface area contributed by atoms with Crippen LogP contribution in [0.2, 0.25) is 0 Å². The fourth-order valence-corrected chi connectivity index (χ4v) is 4.38. The van der Waals surface area contributed by atoms with Crippen LogP contribution in [0.15, 0.2) is 71.6 Å². The number of hydrogen-bond acceptors (Lipinski definition) is 8. The number of hydrogen-bond donors (Lipinski definition) is 0. The van der Waals surface area contributed by atoms with Gasteiger partial charge in [-0.1, -0.05) is 24.3 Å². The highest BCUT2D eigenvalue weighted by molar-refractivity contribution is 7.98. The number of methoxy groups -OCH3 is 3. The van der Waals surface area contributed by atoms with Crippen molar-refractivity contribution in [1.82, 2.24) is 4.98 Å². The van der Waals surface area contributed by atoms with Crippen molar-refractivity contribution in [3.8, 4) is 17.2 Å². The molecule has 2 aromatic carbocycles. The second-order valence-electron chi connectivity index (χ2n) is 7.70. The Bertz CT molecular complexity index is 1110. The van der Waals surface area contributed by atoms with Crippen LogP contribution in [0.1, 0.15) is 29.8 Å². The van der Waals surface area contributed by atoms with Crippen molar-refractivity contribution in [1.29, 1.82) is 0 Å². The smallest absolute Gasteiger partial charge is 0.366 e. The van der Waals surface area contributed by atoms with Crippen LogP contribution in [0.3, 0.4) is 0 Å². The van der Waals surface area contributed by atoms with Gasteiger partial charge in [0, 0.05) is 11.8 Å². The quantitative estimate of drug-likeness (QED) is 0.0873. The van der Waals surface area contributed by atoms with Gasteiger partial charge in [-0.15, -0.1) is 11.8 Å². The van der Waals surface area contributed by atoms with Gasteiger partial charge in [-0.05, 0) is 67.3 Å². The van der Waals surface area contributed by atoms with Gasteiger partial charge in [0.15, 0.2) is 0 Å². The van der Waals surface area contributed by atoms with Gasteiger partial charge in [0.2, 0.25) is 0 Å². The number of thioether (sulfide) groups is 1. The number of unbranched alkanes of at least 4 members (excludes halogenated alkanes) is 1. The average Bonchev–Trinajstić information content (AvgIpc) is 2.92. The van der Waals surface area contributed by atoms with Gasteiger partial charge >= 0.3 is 5.97 Å². The Morgan fingerprint density at radius 1 is 0.889 bits per heavy atom. The van der Waals surface area contributed by atoms with Crippen molar-refractivity contribution in [3.05, 3.63) is 83.7 Å². The zero-order chi connectivity index (χ0) is 25.6. The van der Waals surface area contributed by atoms with Crippen molar-refractivity contribution in [2.75, 3.05) is 27.9 Å². The number of rotatable bonds is 14. The van der Waals surface area contributed by atoms with Gasteiger partial charge in [-0.3, -0.25) is 9.87 Å². The summed E-state index contributed by atoms with van der Waals surface area (Å²) in [6.07, 6.45) is 5.54. The van der Waals surface area contributed by atoms with Crippen molar-refractivity contribution in [2.24, 2.45) is 0 Å². The summed E-state index contributed by atoms with van der Waals surface area (Å²) in [5.41, 5.74) is 2.74. The van der Waals surface area contributed by atoms with Gasteiger partial charge in [-0.25, -0.2) is 4.79 Å². The van der Waals surface area contributed by atoms with Gasteiger partial charge in [-0.2, -0.15) is 4.89 Å². The molecule has 0 N–H and O–H groups in total. The molecule has 0 radical (unpaired) electrons. The number of benzene rings is 2. The van der Waals surface area contributed by atoms with E-state index in [0.29, 0.717) is 18.1 Å². The number of nitrogens with zero attached hydrogens (tertiary/aromatic N) is 1. The first-order valence-corrected chi connectivity index (χ1v) is 12.6. The molecule has 3 aromatic rings. The summed E-state index contributed by atoms with van der Waals surface area (Å²) >= 11 is 1.57. The molecule has 0 aliphatic heterocycles. The molecule has 0 aliphatic carbocycles. The molecule has 7 nitrogen and oxygen atoms in total. The van der Waals surface area contributed by atoms with Crippen molar-refractivity contribution < 1.29 is 28.8 Å². The fourth-order valence-electron chi connectivity index (χ4n) is 3.34. The molecule has 190 valence electrons. The number of ether oxygens (including phenoxy) is 3. The third-order valence-electron chi connectivity index (χ3n) is 5.21. The van der Waals surface area contributed by atoms with Crippen molar-refractivity contribution >= 4 is 23.8 Å². The van der Waals surface area contributed by atoms with Crippen LogP contribution in [0.5, 0.6) is 17.2 Å². The zero-order valence-corrected chi connectivity index (χ0v) is 21.6. The highest BCUT2D eigenvalue weighted by Crippen LogP contribution is 2.38. The van der Waals surface area contributed by atoms with Crippen LogP contribution in [0.4, 0.5) is 0 Å². The van der Waals surface area contributed by atoms with Crippen LogP contribution in [0, 0.1) is 0 Å². The predicted octanol–water partition coefficient (Wildman–Crippen LogP) is 5.91. The SMILES string of the molecule is COc1ccc(CCCCOOC(=O)C=Cc2cccc(CSc3c(OC)cccc3OC)n2)cc1. The Morgan fingerprint density at radius 3 is 2.31 bits per heavy atom. The van der Waals surface area contributed by atoms with Crippen LogP contribution in [-0.2, 0) is 26.7 Å². The first-order valence-electron chi connectivity index (χ1n) is 11.6. The van der Waals surface area contributed by atoms with Gasteiger partial charge in [0.05, 0.1) is 44.2 Å². The predicted molar refractivity (Wildman–Crippen MR) is 140 cm³/mol. The molecule has 1 aromatic heterocycles. The molecule has 36 heavy (non-hydrogen) atoms. The van der Waals surface area contributed by atoms with Gasteiger partial charge in [0.25, 0.3) is 0 Å². The summed E-state index contributed by atoms with van der Waals surface area (Å²) in [5, 5.41) is 0. The largest absolute Gasteiger partial charge is 0.497 e. The Hall–Kier alpha value is -3.49. The van der Waals surface area contributed by atoms with E-state index in [4.69, 9.17) is 24.0 Å². The minimum atomic E-state index is -0.578. The van der Waals surface area contributed by atoms with E-state index < -0.39 is 5.97 Å². The lowest BCUT2D eigenvalue weighted by atomic mass is 10.1. The lowest BCUT2D eigenvalue weighted by Crippen LogP contribution is -2.03. The van der Waals surface area contributed by atoms with Crippen LogP contribution in [0.25, 0.3) is 6.08 Å². The van der Waals surface area contributed by atoms with E-state index >= 15 is 0 Å². The Kier molecular flexibility index (Phi) is 11.1. The fraction of sp³-hybridized carbons (Fsp3) is 0.286. The summed E-state index contributed by atoms with van der Waals surface area (Å²) in [4.78, 5) is 27.3. The lowest BCUT2D eigenvalue weighted by molar-refractivity contribution is -0.267. The minimum absolute atomic E-state index is 0.340. The van der Waals surface area contributed by atoms with Gasteiger partial charge in [0.1, 0.15) is 17.2 Å². The molecule has 0 saturated carbocycles. The second-order valence-corrected chi connectivity index (χ2v) is 8.68. The normalized spacial score (nSPS) is 10.9. The number of aryl methyl sites for hydroxylation is 1. The molecule has 3 rings (SSSR count).